The van der Waals surface area contributed by atoms with Gasteiger partial charge in [0.1, 0.15) is 5.69 Å². The lowest BCUT2D eigenvalue weighted by Crippen LogP contribution is -1.85. The van der Waals surface area contributed by atoms with Gasteiger partial charge in [0.2, 0.25) is 5.82 Å². The number of H-pyrrole nitrogens is 1. The predicted molar refractivity (Wildman–Crippen MR) is 53.8 cm³/mol. The van der Waals surface area contributed by atoms with E-state index < -0.39 is 0 Å². The molecule has 0 amide bonds. The zero-order valence-electron chi connectivity index (χ0n) is 7.16. The summed E-state index contributed by atoms with van der Waals surface area (Å²) in [7, 11) is 0. The van der Waals surface area contributed by atoms with Crippen molar-refractivity contribution in [2.24, 2.45) is 0 Å². The van der Waals surface area contributed by atoms with E-state index in [1.807, 2.05) is 0 Å². The van der Waals surface area contributed by atoms with Crippen LogP contribution < -0.4 is 0 Å². The number of aromatic nitrogens is 3. The summed E-state index contributed by atoms with van der Waals surface area (Å²) in [4.78, 5) is 10.8. The van der Waals surface area contributed by atoms with Crippen molar-refractivity contribution in [3.63, 3.8) is 0 Å². The number of hydrogen-bond acceptors (Lipinski definition) is 2. The highest BCUT2D eigenvalue weighted by Gasteiger charge is 1.95. The summed E-state index contributed by atoms with van der Waals surface area (Å²) in [6, 6.07) is 3.49. The number of rotatable bonds is 0. The summed E-state index contributed by atoms with van der Waals surface area (Å²) in [5.74, 6) is 6.13. The van der Waals surface area contributed by atoms with Gasteiger partial charge in [0, 0.05) is 18.6 Å². The fraction of sp³-hybridized carbons (Fsp3) is 0. The first-order valence-electron chi connectivity index (χ1n) is 3.98. The largest absolute Gasteiger partial charge is 0.354 e. The van der Waals surface area contributed by atoms with Crippen LogP contribution in [-0.2, 0) is 0 Å². The predicted octanol–water partition coefficient (Wildman–Crippen LogP) is 1.86. The maximum Gasteiger partial charge on any atom is 0.205 e. The Morgan fingerprint density at radius 2 is 2.00 bits per heavy atom. The van der Waals surface area contributed by atoms with E-state index in [4.69, 9.17) is 11.6 Å². The molecule has 14 heavy (non-hydrogen) atoms. The van der Waals surface area contributed by atoms with Gasteiger partial charge in [-0.1, -0.05) is 11.6 Å². The van der Waals surface area contributed by atoms with E-state index in [1.54, 1.807) is 30.7 Å². The van der Waals surface area contributed by atoms with E-state index in [9.17, 15) is 0 Å². The van der Waals surface area contributed by atoms with Gasteiger partial charge in [-0.3, -0.25) is 0 Å². The normalized spacial score (nSPS) is 9.21. The Morgan fingerprint density at radius 3 is 2.64 bits per heavy atom. The van der Waals surface area contributed by atoms with Gasteiger partial charge < -0.3 is 4.98 Å². The SMILES string of the molecule is Clc1cc[nH]c1C#Cc1ncccn1. The molecule has 0 spiro atoms. The summed E-state index contributed by atoms with van der Waals surface area (Å²) < 4.78 is 0. The molecule has 0 unspecified atom stereocenters. The van der Waals surface area contributed by atoms with Gasteiger partial charge in [-0.2, -0.15) is 0 Å². The summed E-state index contributed by atoms with van der Waals surface area (Å²) in [5, 5.41) is 0.605. The fourth-order valence-corrected chi connectivity index (χ4v) is 1.09. The summed E-state index contributed by atoms with van der Waals surface area (Å²) in [5.41, 5.74) is 0.680. The van der Waals surface area contributed by atoms with Crippen LogP contribution in [0.15, 0.2) is 30.7 Å². The van der Waals surface area contributed by atoms with Gasteiger partial charge in [0.15, 0.2) is 0 Å². The minimum absolute atomic E-state index is 0.484. The maximum atomic E-state index is 5.83. The van der Waals surface area contributed by atoms with Gasteiger partial charge in [0.05, 0.1) is 5.02 Å². The molecule has 1 N–H and O–H groups in total. The fourth-order valence-electron chi connectivity index (χ4n) is 0.928. The Balaban J connectivity index is 2.28. The van der Waals surface area contributed by atoms with Crippen LogP contribution in [0.2, 0.25) is 5.02 Å². The van der Waals surface area contributed by atoms with Crippen LogP contribution in [0.25, 0.3) is 0 Å². The highest BCUT2D eigenvalue weighted by atomic mass is 35.5. The second-order valence-corrected chi connectivity index (χ2v) is 2.93. The van der Waals surface area contributed by atoms with Crippen molar-refractivity contribution in [2.75, 3.05) is 0 Å². The Hall–Kier alpha value is -1.79. The molecule has 4 heteroatoms. The highest BCUT2D eigenvalue weighted by Crippen LogP contribution is 2.11. The van der Waals surface area contributed by atoms with Crippen molar-refractivity contribution in [1.82, 2.24) is 15.0 Å². The first-order chi connectivity index (χ1) is 6.86. The second kappa shape index (κ2) is 3.95. The number of aromatic amines is 1. The Kier molecular flexibility index (Phi) is 2.48. The molecule has 3 nitrogen and oxygen atoms in total. The highest BCUT2D eigenvalue weighted by molar-refractivity contribution is 6.31. The number of hydrogen-bond donors (Lipinski definition) is 1. The molecule has 2 rings (SSSR count). The Labute approximate surface area is 86.2 Å². The molecule has 2 heterocycles. The monoisotopic (exact) mass is 203 g/mol. The molecule has 0 aliphatic rings. The summed E-state index contributed by atoms with van der Waals surface area (Å²) >= 11 is 5.83. The minimum atomic E-state index is 0.484. The summed E-state index contributed by atoms with van der Waals surface area (Å²) in [6.07, 6.45) is 5.03. The molecule has 0 fully saturated rings. The maximum absolute atomic E-state index is 5.83. The zero-order chi connectivity index (χ0) is 9.80. The van der Waals surface area contributed by atoms with Crippen LogP contribution in [0, 0.1) is 11.8 Å². The molecule has 0 bridgehead atoms. The van der Waals surface area contributed by atoms with Gasteiger partial charge >= 0.3 is 0 Å². The first kappa shape index (κ1) is 8.79. The van der Waals surface area contributed by atoms with Crippen LogP contribution in [-0.4, -0.2) is 15.0 Å². The summed E-state index contributed by atoms with van der Waals surface area (Å²) in [6.45, 7) is 0. The third-order valence-electron chi connectivity index (χ3n) is 1.56. The molecule has 0 saturated heterocycles. The van der Waals surface area contributed by atoms with Crippen LogP contribution in [0.1, 0.15) is 11.5 Å². The third-order valence-corrected chi connectivity index (χ3v) is 1.88. The van der Waals surface area contributed by atoms with E-state index in [0.717, 1.165) is 0 Å². The zero-order valence-corrected chi connectivity index (χ0v) is 7.92. The van der Waals surface area contributed by atoms with Crippen molar-refractivity contribution in [2.45, 2.75) is 0 Å². The lowest BCUT2D eigenvalue weighted by molar-refractivity contribution is 1.13. The van der Waals surface area contributed by atoms with Crippen molar-refractivity contribution < 1.29 is 0 Å². The Morgan fingerprint density at radius 1 is 1.21 bits per heavy atom. The van der Waals surface area contributed by atoms with E-state index in [1.165, 1.54) is 0 Å². The van der Waals surface area contributed by atoms with E-state index in [2.05, 4.69) is 26.8 Å². The molecule has 0 aromatic carbocycles. The molecule has 68 valence electrons. The molecule has 0 saturated carbocycles. The molecular formula is C10H6ClN3. The van der Waals surface area contributed by atoms with Crippen LogP contribution in [0.3, 0.4) is 0 Å². The molecule has 0 aliphatic heterocycles. The minimum Gasteiger partial charge on any atom is -0.354 e. The van der Waals surface area contributed by atoms with Gasteiger partial charge in [-0.05, 0) is 24.0 Å². The van der Waals surface area contributed by atoms with Crippen molar-refractivity contribution in [1.29, 1.82) is 0 Å². The standard InChI is InChI=1S/C10H6ClN3/c11-8-4-7-12-9(8)2-3-10-13-5-1-6-14-10/h1,4-7,12H. The van der Waals surface area contributed by atoms with E-state index >= 15 is 0 Å². The molecule has 0 aliphatic carbocycles. The smallest absolute Gasteiger partial charge is 0.205 e. The average molecular weight is 204 g/mol. The molecule has 2 aromatic heterocycles. The molecule has 0 atom stereocenters. The van der Waals surface area contributed by atoms with Gasteiger partial charge in [-0.15, -0.1) is 0 Å². The lowest BCUT2D eigenvalue weighted by Gasteiger charge is -1.85. The quantitative estimate of drug-likeness (QED) is 0.664. The van der Waals surface area contributed by atoms with Crippen molar-refractivity contribution in [3.05, 3.63) is 47.3 Å². The lowest BCUT2D eigenvalue weighted by atomic mass is 10.4. The second-order valence-electron chi connectivity index (χ2n) is 2.52. The van der Waals surface area contributed by atoms with Crippen LogP contribution in [0.5, 0.6) is 0 Å². The first-order valence-corrected chi connectivity index (χ1v) is 4.36. The average Bonchev–Trinajstić information content (AvgIpc) is 2.63. The van der Waals surface area contributed by atoms with Crippen LogP contribution >= 0.6 is 11.6 Å². The van der Waals surface area contributed by atoms with E-state index in [-0.39, 0.29) is 0 Å². The number of nitrogens with zero attached hydrogens (tertiary/aromatic N) is 2. The number of nitrogens with one attached hydrogen (secondary N) is 1. The number of halogens is 1. The van der Waals surface area contributed by atoms with E-state index in [0.29, 0.717) is 16.5 Å². The van der Waals surface area contributed by atoms with Gasteiger partial charge in [-0.25, -0.2) is 9.97 Å². The molecule has 2 aromatic rings. The Bertz CT molecular complexity index is 479. The topological polar surface area (TPSA) is 41.6 Å². The van der Waals surface area contributed by atoms with Crippen molar-refractivity contribution in [3.8, 4) is 11.8 Å². The molecular weight excluding hydrogens is 198 g/mol. The van der Waals surface area contributed by atoms with Crippen LogP contribution in [0.4, 0.5) is 0 Å². The van der Waals surface area contributed by atoms with Crippen molar-refractivity contribution >= 4 is 11.6 Å². The molecule has 0 radical (unpaired) electrons. The van der Waals surface area contributed by atoms with Gasteiger partial charge in [0.25, 0.3) is 0 Å². The third kappa shape index (κ3) is 1.93.